The summed E-state index contributed by atoms with van der Waals surface area (Å²) >= 11 is 3.44. The number of Topliss-reactive ketones (excluding diaryl/α,β-unsaturated/α-hetero) is 1. The molecule has 0 radical (unpaired) electrons. The molecule has 0 aromatic heterocycles. The highest BCUT2D eigenvalue weighted by Gasteiger charge is 2.28. The van der Waals surface area contributed by atoms with Crippen molar-refractivity contribution in [3.05, 3.63) is 70.5 Å². The van der Waals surface area contributed by atoms with Crippen LogP contribution in [0.5, 0.6) is 11.5 Å². The lowest BCUT2D eigenvalue weighted by atomic mass is 10.0. The fraction of sp³-hybridized carbons (Fsp3) is 0.400. The van der Waals surface area contributed by atoms with Crippen LogP contribution < -0.4 is 9.47 Å². The average molecular weight is 485 g/mol. The summed E-state index contributed by atoms with van der Waals surface area (Å²) in [7, 11) is 2.05. The lowest BCUT2D eigenvalue weighted by Gasteiger charge is -2.36. The molecule has 0 saturated carbocycles. The number of ketones is 1. The lowest BCUT2D eigenvalue weighted by Crippen LogP contribution is -2.42. The van der Waals surface area contributed by atoms with Crippen molar-refractivity contribution in [1.82, 2.24) is 9.80 Å². The summed E-state index contributed by atoms with van der Waals surface area (Å²) in [5.74, 6) is 1.99. The molecule has 2 aromatic rings. The first-order valence-corrected chi connectivity index (χ1v) is 11.8. The van der Waals surface area contributed by atoms with Crippen LogP contribution in [0.15, 0.2) is 65.0 Å². The van der Waals surface area contributed by atoms with Crippen molar-refractivity contribution in [2.75, 3.05) is 33.3 Å². The van der Waals surface area contributed by atoms with Gasteiger partial charge in [0.15, 0.2) is 5.76 Å². The first-order valence-electron chi connectivity index (χ1n) is 11.0. The molecular weight excluding hydrogens is 456 g/mol. The zero-order chi connectivity index (χ0) is 21.6. The monoisotopic (exact) mass is 484 g/mol. The average Bonchev–Trinajstić information content (AvgIpc) is 3.10. The maximum atomic E-state index is 12.5. The number of ether oxygens (including phenoxy) is 2. The second kappa shape index (κ2) is 10.3. The Hall–Kier alpha value is -2.31. The van der Waals surface area contributed by atoms with E-state index in [-0.39, 0.29) is 5.78 Å². The van der Waals surface area contributed by atoms with Gasteiger partial charge in [-0.15, -0.1) is 0 Å². The molecule has 6 heteroatoms. The molecule has 0 aliphatic carbocycles. The van der Waals surface area contributed by atoms with E-state index in [0.29, 0.717) is 23.1 Å². The van der Waals surface area contributed by atoms with Crippen LogP contribution in [0.2, 0.25) is 0 Å². The number of halogens is 1. The van der Waals surface area contributed by atoms with E-state index in [2.05, 4.69) is 25.7 Å². The summed E-state index contributed by atoms with van der Waals surface area (Å²) in [5, 5.41) is 0. The third-order valence-corrected chi connectivity index (χ3v) is 6.51. The highest BCUT2D eigenvalue weighted by molar-refractivity contribution is 9.10. The fourth-order valence-electron chi connectivity index (χ4n) is 4.12. The van der Waals surface area contributed by atoms with E-state index in [1.807, 2.05) is 61.8 Å². The van der Waals surface area contributed by atoms with Crippen molar-refractivity contribution in [3.63, 3.8) is 0 Å². The van der Waals surface area contributed by atoms with Crippen LogP contribution in [0.3, 0.4) is 0 Å². The molecule has 0 bridgehead atoms. The largest absolute Gasteiger partial charge is 0.494 e. The zero-order valence-corrected chi connectivity index (χ0v) is 19.5. The number of hydrogen-bond acceptors (Lipinski definition) is 5. The summed E-state index contributed by atoms with van der Waals surface area (Å²) in [6.45, 7) is 4.03. The Kier molecular flexibility index (Phi) is 7.30. The van der Waals surface area contributed by atoms with Gasteiger partial charge in [0.1, 0.15) is 11.5 Å². The highest BCUT2D eigenvalue weighted by Crippen LogP contribution is 2.31. The number of para-hydroxylation sites is 1. The summed E-state index contributed by atoms with van der Waals surface area (Å²) in [5.41, 5.74) is 0.654. The van der Waals surface area contributed by atoms with Gasteiger partial charge < -0.3 is 19.3 Å². The number of benzene rings is 2. The first kappa shape index (κ1) is 21.9. The van der Waals surface area contributed by atoms with Gasteiger partial charge in [-0.2, -0.15) is 0 Å². The van der Waals surface area contributed by atoms with E-state index in [4.69, 9.17) is 9.47 Å². The lowest BCUT2D eigenvalue weighted by molar-refractivity contribution is 0.100. The van der Waals surface area contributed by atoms with Gasteiger partial charge in [0.05, 0.1) is 12.2 Å². The Morgan fingerprint density at radius 3 is 2.61 bits per heavy atom. The summed E-state index contributed by atoms with van der Waals surface area (Å²) in [4.78, 5) is 17.2. The Morgan fingerprint density at radius 1 is 1.13 bits per heavy atom. The molecule has 2 heterocycles. The molecule has 0 unspecified atom stereocenters. The van der Waals surface area contributed by atoms with Gasteiger partial charge in [0.2, 0.25) is 5.78 Å². The number of piperidine rings is 1. The van der Waals surface area contributed by atoms with Crippen molar-refractivity contribution in [1.29, 1.82) is 0 Å². The predicted molar refractivity (Wildman–Crippen MR) is 126 cm³/mol. The van der Waals surface area contributed by atoms with Crippen molar-refractivity contribution in [2.24, 2.45) is 0 Å². The minimum absolute atomic E-state index is 0.0229. The van der Waals surface area contributed by atoms with Crippen LogP contribution in [0.25, 0.3) is 0 Å². The second-order valence-electron chi connectivity index (χ2n) is 8.17. The number of nitrogens with zero attached hydrogens (tertiary/aromatic N) is 2. The van der Waals surface area contributed by atoms with Crippen molar-refractivity contribution in [2.45, 2.75) is 31.7 Å². The number of hydrogen-bond donors (Lipinski definition) is 0. The Balaban J connectivity index is 1.15. The van der Waals surface area contributed by atoms with Crippen LogP contribution >= 0.6 is 15.9 Å². The normalized spacial score (nSPS) is 18.1. The standard InChI is InChI=1S/C25H29BrN2O3/c1-27(18-24-25(29)22-6-2-3-7-23(22)31-24)20-12-15-28(16-13-20)14-4-5-17-30-21-10-8-19(26)9-11-21/h2-3,6-11,18,20H,4-5,12-17H2,1H3. The number of fused-ring (bicyclic) bond motifs is 1. The SMILES string of the molecule is CN(C=C1Oc2ccccc2C1=O)C1CCN(CCCCOc2ccc(Br)cc2)CC1. The topological polar surface area (TPSA) is 42.0 Å². The van der Waals surface area contributed by atoms with Crippen LogP contribution in [-0.4, -0.2) is 54.9 Å². The number of carbonyl (C=O) groups is 1. The van der Waals surface area contributed by atoms with Gasteiger partial charge >= 0.3 is 0 Å². The third kappa shape index (κ3) is 5.69. The van der Waals surface area contributed by atoms with E-state index in [9.17, 15) is 4.79 Å². The first-order chi connectivity index (χ1) is 15.1. The molecule has 2 aromatic carbocycles. The maximum absolute atomic E-state index is 12.5. The number of rotatable bonds is 8. The Bertz CT molecular complexity index is 921. The van der Waals surface area contributed by atoms with Gasteiger partial charge in [0.25, 0.3) is 0 Å². The quantitative estimate of drug-likeness (QED) is 0.384. The van der Waals surface area contributed by atoms with Crippen molar-refractivity contribution in [3.8, 4) is 11.5 Å². The van der Waals surface area contributed by atoms with Crippen LogP contribution in [0, 0.1) is 0 Å². The van der Waals surface area contributed by atoms with E-state index in [1.54, 1.807) is 0 Å². The molecule has 4 rings (SSSR count). The molecule has 5 nitrogen and oxygen atoms in total. The molecule has 164 valence electrons. The summed E-state index contributed by atoms with van der Waals surface area (Å²) in [6, 6.07) is 15.8. The predicted octanol–water partition coefficient (Wildman–Crippen LogP) is 5.12. The number of allylic oxidation sites excluding steroid dienone is 1. The molecule has 0 N–H and O–H groups in total. The van der Waals surface area contributed by atoms with Gasteiger partial charge in [-0.05, 0) is 68.6 Å². The van der Waals surface area contributed by atoms with E-state index in [0.717, 1.165) is 62.1 Å². The molecule has 31 heavy (non-hydrogen) atoms. The van der Waals surface area contributed by atoms with Crippen molar-refractivity contribution >= 4 is 21.7 Å². The Morgan fingerprint density at radius 2 is 1.87 bits per heavy atom. The minimum atomic E-state index is -0.0229. The van der Waals surface area contributed by atoms with E-state index in [1.165, 1.54) is 0 Å². The number of likely N-dealkylation sites (tertiary alicyclic amines) is 1. The van der Waals surface area contributed by atoms with Gasteiger partial charge in [-0.1, -0.05) is 28.1 Å². The third-order valence-electron chi connectivity index (χ3n) is 5.98. The molecule has 0 atom stereocenters. The van der Waals surface area contributed by atoms with Gasteiger partial charge in [-0.25, -0.2) is 0 Å². The number of unbranched alkanes of at least 4 members (excludes halogenated alkanes) is 1. The highest BCUT2D eigenvalue weighted by atomic mass is 79.9. The molecular formula is C25H29BrN2O3. The zero-order valence-electron chi connectivity index (χ0n) is 17.9. The molecule has 0 amide bonds. The molecule has 0 spiro atoms. The summed E-state index contributed by atoms with van der Waals surface area (Å²) in [6.07, 6.45) is 6.26. The van der Waals surface area contributed by atoms with Crippen molar-refractivity contribution < 1.29 is 14.3 Å². The maximum Gasteiger partial charge on any atom is 0.233 e. The van der Waals surface area contributed by atoms with Gasteiger partial charge in [-0.3, -0.25) is 4.79 Å². The summed E-state index contributed by atoms with van der Waals surface area (Å²) < 4.78 is 12.6. The van der Waals surface area contributed by atoms with Gasteiger partial charge in [0, 0.05) is 36.9 Å². The molecule has 2 aliphatic heterocycles. The second-order valence-corrected chi connectivity index (χ2v) is 9.08. The number of carbonyl (C=O) groups excluding carboxylic acids is 1. The fourth-order valence-corrected chi connectivity index (χ4v) is 4.39. The molecule has 2 aliphatic rings. The molecule has 1 fully saturated rings. The van der Waals surface area contributed by atoms with Crippen LogP contribution in [0.1, 0.15) is 36.0 Å². The smallest absolute Gasteiger partial charge is 0.233 e. The van der Waals surface area contributed by atoms with E-state index >= 15 is 0 Å². The van der Waals surface area contributed by atoms with Crippen LogP contribution in [-0.2, 0) is 0 Å². The minimum Gasteiger partial charge on any atom is -0.494 e. The molecule has 1 saturated heterocycles. The Labute approximate surface area is 192 Å². The van der Waals surface area contributed by atoms with Crippen LogP contribution in [0.4, 0.5) is 0 Å². The van der Waals surface area contributed by atoms with E-state index < -0.39 is 0 Å².